The molecular formula is C11H14N6O. The predicted molar refractivity (Wildman–Crippen MR) is 65.7 cm³/mol. The van der Waals surface area contributed by atoms with Gasteiger partial charge in [0.2, 0.25) is 0 Å². The van der Waals surface area contributed by atoms with Crippen molar-refractivity contribution in [2.75, 3.05) is 12.3 Å². The highest BCUT2D eigenvalue weighted by atomic mass is 16.1. The van der Waals surface area contributed by atoms with Gasteiger partial charge in [0.25, 0.3) is 5.91 Å². The van der Waals surface area contributed by atoms with Crippen LogP contribution in [0.3, 0.4) is 0 Å². The number of nitrogens with two attached hydrogens (primary N) is 1. The van der Waals surface area contributed by atoms with E-state index in [1.807, 2.05) is 13.1 Å². The van der Waals surface area contributed by atoms with Crippen molar-refractivity contribution in [1.82, 2.24) is 25.1 Å². The number of nitrogens with zero attached hydrogens (tertiary/aromatic N) is 4. The van der Waals surface area contributed by atoms with Gasteiger partial charge in [-0.15, -0.1) is 0 Å². The number of anilines is 1. The van der Waals surface area contributed by atoms with E-state index in [2.05, 4.69) is 20.4 Å². The molecule has 7 nitrogen and oxygen atoms in total. The van der Waals surface area contributed by atoms with Crippen LogP contribution in [0.1, 0.15) is 16.2 Å². The molecule has 2 rings (SSSR count). The number of hydrogen-bond donors (Lipinski definition) is 2. The van der Waals surface area contributed by atoms with Gasteiger partial charge in [0.05, 0.1) is 12.4 Å². The van der Waals surface area contributed by atoms with Crippen molar-refractivity contribution in [3.05, 3.63) is 36.0 Å². The first-order valence-electron chi connectivity index (χ1n) is 5.49. The molecule has 1 amide bonds. The molecule has 0 aliphatic carbocycles. The van der Waals surface area contributed by atoms with Gasteiger partial charge in [0.1, 0.15) is 11.5 Å². The van der Waals surface area contributed by atoms with E-state index >= 15 is 0 Å². The van der Waals surface area contributed by atoms with Gasteiger partial charge in [-0.2, -0.15) is 5.10 Å². The number of carbonyl (C=O) groups is 1. The third-order valence-electron chi connectivity index (χ3n) is 2.47. The van der Waals surface area contributed by atoms with Gasteiger partial charge in [-0.25, -0.2) is 4.98 Å². The zero-order valence-electron chi connectivity index (χ0n) is 10.00. The largest absolute Gasteiger partial charge is 0.382 e. The minimum absolute atomic E-state index is 0.222. The molecule has 0 aliphatic heterocycles. The summed E-state index contributed by atoms with van der Waals surface area (Å²) < 4.78 is 1.77. The van der Waals surface area contributed by atoms with Gasteiger partial charge in [0.15, 0.2) is 0 Å². The Bertz CT molecular complexity index is 550. The molecule has 94 valence electrons. The molecule has 0 saturated carbocycles. The van der Waals surface area contributed by atoms with Gasteiger partial charge in [-0.1, -0.05) is 0 Å². The van der Waals surface area contributed by atoms with Crippen molar-refractivity contribution < 1.29 is 4.79 Å². The highest BCUT2D eigenvalue weighted by Crippen LogP contribution is 1.98. The van der Waals surface area contributed by atoms with E-state index in [9.17, 15) is 4.79 Å². The van der Waals surface area contributed by atoms with Crippen LogP contribution < -0.4 is 11.1 Å². The van der Waals surface area contributed by atoms with Crippen LogP contribution in [0.4, 0.5) is 5.82 Å². The zero-order valence-corrected chi connectivity index (χ0v) is 10.00. The lowest BCUT2D eigenvalue weighted by atomic mass is 10.3. The highest BCUT2D eigenvalue weighted by molar-refractivity contribution is 5.92. The molecule has 0 saturated heterocycles. The fourth-order valence-corrected chi connectivity index (χ4v) is 1.53. The van der Waals surface area contributed by atoms with E-state index in [0.717, 1.165) is 5.69 Å². The van der Waals surface area contributed by atoms with Crippen LogP contribution in [-0.2, 0) is 13.5 Å². The third kappa shape index (κ3) is 2.82. The van der Waals surface area contributed by atoms with Gasteiger partial charge in [0, 0.05) is 31.9 Å². The van der Waals surface area contributed by atoms with E-state index in [0.29, 0.717) is 13.0 Å². The summed E-state index contributed by atoms with van der Waals surface area (Å²) in [5.41, 5.74) is 6.73. The van der Waals surface area contributed by atoms with E-state index in [1.165, 1.54) is 12.4 Å². The number of nitrogen functional groups attached to an aromatic ring is 1. The highest BCUT2D eigenvalue weighted by Gasteiger charge is 2.07. The molecule has 18 heavy (non-hydrogen) atoms. The molecule has 0 spiro atoms. The van der Waals surface area contributed by atoms with Crippen molar-refractivity contribution in [2.24, 2.45) is 7.05 Å². The first-order chi connectivity index (χ1) is 8.66. The lowest BCUT2D eigenvalue weighted by molar-refractivity contribution is 0.0948. The number of rotatable bonds is 4. The Labute approximate surface area is 104 Å². The predicted octanol–water partition coefficient (Wildman–Crippen LogP) is -0.235. The molecule has 0 radical (unpaired) electrons. The summed E-state index contributed by atoms with van der Waals surface area (Å²) in [6.45, 7) is 0.509. The van der Waals surface area contributed by atoms with Crippen molar-refractivity contribution in [1.29, 1.82) is 0 Å². The fraction of sp³-hybridized carbons (Fsp3) is 0.273. The maximum atomic E-state index is 11.7. The molecule has 0 aromatic carbocycles. The summed E-state index contributed by atoms with van der Waals surface area (Å²) in [6.07, 6.45) is 5.21. The molecule has 2 heterocycles. The molecule has 0 unspecified atom stereocenters. The number of aryl methyl sites for hydroxylation is 1. The monoisotopic (exact) mass is 246 g/mol. The standard InChI is InChI=1S/C11H14N6O/c1-17-8(3-5-15-17)2-4-14-11(18)9-6-13-7-10(12)16-9/h3,5-7H,2,4H2,1H3,(H2,12,16)(H,14,18). The molecule has 2 aromatic rings. The smallest absolute Gasteiger partial charge is 0.271 e. The fourth-order valence-electron chi connectivity index (χ4n) is 1.53. The second-order valence-electron chi connectivity index (χ2n) is 3.78. The molecule has 0 aliphatic rings. The molecular weight excluding hydrogens is 232 g/mol. The Kier molecular flexibility index (Phi) is 3.52. The second-order valence-corrected chi connectivity index (χ2v) is 3.78. The summed E-state index contributed by atoms with van der Waals surface area (Å²) in [7, 11) is 1.86. The summed E-state index contributed by atoms with van der Waals surface area (Å²) >= 11 is 0. The SMILES string of the molecule is Cn1nccc1CCNC(=O)c1cncc(N)n1. The van der Waals surface area contributed by atoms with E-state index in [-0.39, 0.29) is 17.4 Å². The average Bonchev–Trinajstić information content (AvgIpc) is 2.75. The third-order valence-corrected chi connectivity index (χ3v) is 2.47. The van der Waals surface area contributed by atoms with Gasteiger partial charge >= 0.3 is 0 Å². The van der Waals surface area contributed by atoms with Crippen LogP contribution in [-0.4, -0.2) is 32.2 Å². The first kappa shape index (κ1) is 12.0. The molecule has 2 aromatic heterocycles. The summed E-state index contributed by atoms with van der Waals surface area (Å²) in [5.74, 6) is -0.0498. The van der Waals surface area contributed by atoms with Crippen LogP contribution in [0.5, 0.6) is 0 Å². The molecule has 0 atom stereocenters. The number of hydrogen-bond acceptors (Lipinski definition) is 5. The van der Waals surface area contributed by atoms with Crippen molar-refractivity contribution >= 4 is 11.7 Å². The average molecular weight is 246 g/mol. The van der Waals surface area contributed by atoms with Gasteiger partial charge in [-0.3, -0.25) is 14.5 Å². The Morgan fingerprint density at radius 3 is 3.00 bits per heavy atom. The van der Waals surface area contributed by atoms with Gasteiger partial charge in [-0.05, 0) is 6.07 Å². The van der Waals surface area contributed by atoms with Crippen molar-refractivity contribution in [3.8, 4) is 0 Å². The van der Waals surface area contributed by atoms with Gasteiger partial charge < -0.3 is 11.1 Å². The van der Waals surface area contributed by atoms with Crippen LogP contribution in [0, 0.1) is 0 Å². The normalized spacial score (nSPS) is 10.3. The lowest BCUT2D eigenvalue weighted by Gasteiger charge is -2.05. The Balaban J connectivity index is 1.87. The van der Waals surface area contributed by atoms with E-state index in [1.54, 1.807) is 10.9 Å². The minimum Gasteiger partial charge on any atom is -0.382 e. The second kappa shape index (κ2) is 5.26. The summed E-state index contributed by atoms with van der Waals surface area (Å²) in [4.78, 5) is 19.4. The number of aromatic nitrogens is 4. The zero-order chi connectivity index (χ0) is 13.0. The maximum absolute atomic E-state index is 11.7. The molecule has 0 bridgehead atoms. The molecule has 0 fully saturated rings. The Hall–Kier alpha value is -2.44. The quantitative estimate of drug-likeness (QED) is 0.776. The Morgan fingerprint density at radius 2 is 2.33 bits per heavy atom. The van der Waals surface area contributed by atoms with Crippen molar-refractivity contribution in [2.45, 2.75) is 6.42 Å². The number of carbonyl (C=O) groups excluding carboxylic acids is 1. The first-order valence-corrected chi connectivity index (χ1v) is 5.49. The summed E-state index contributed by atoms with van der Waals surface area (Å²) in [6, 6.07) is 1.91. The van der Waals surface area contributed by atoms with Crippen LogP contribution in [0.15, 0.2) is 24.7 Å². The van der Waals surface area contributed by atoms with E-state index < -0.39 is 0 Å². The number of amides is 1. The lowest BCUT2D eigenvalue weighted by Crippen LogP contribution is -2.27. The number of nitrogens with one attached hydrogen (secondary N) is 1. The van der Waals surface area contributed by atoms with Crippen LogP contribution >= 0.6 is 0 Å². The molecule has 7 heteroatoms. The minimum atomic E-state index is -0.281. The molecule has 3 N–H and O–H groups in total. The van der Waals surface area contributed by atoms with E-state index in [4.69, 9.17) is 5.73 Å². The van der Waals surface area contributed by atoms with Crippen LogP contribution in [0.2, 0.25) is 0 Å². The summed E-state index contributed by atoms with van der Waals surface area (Å²) in [5, 5.41) is 6.80. The Morgan fingerprint density at radius 1 is 1.50 bits per heavy atom. The maximum Gasteiger partial charge on any atom is 0.271 e. The van der Waals surface area contributed by atoms with Crippen LogP contribution in [0.25, 0.3) is 0 Å². The van der Waals surface area contributed by atoms with Crippen molar-refractivity contribution in [3.63, 3.8) is 0 Å². The topological polar surface area (TPSA) is 98.7 Å².